The van der Waals surface area contributed by atoms with Crippen LogP contribution < -0.4 is 11.1 Å². The van der Waals surface area contributed by atoms with Crippen molar-refractivity contribution in [1.82, 2.24) is 10.2 Å². The molecule has 0 radical (unpaired) electrons. The van der Waals surface area contributed by atoms with Gasteiger partial charge in [0.2, 0.25) is 0 Å². The first-order chi connectivity index (χ1) is 6.71. The van der Waals surface area contributed by atoms with E-state index in [1.165, 1.54) is 51.9 Å². The maximum Gasteiger partial charge on any atom is 0.0205 e. The van der Waals surface area contributed by atoms with Crippen LogP contribution in [0.2, 0.25) is 0 Å². The summed E-state index contributed by atoms with van der Waals surface area (Å²) in [5.41, 5.74) is 6.38. The lowest BCUT2D eigenvalue weighted by Crippen LogP contribution is -2.56. The Balaban J connectivity index is 1.92. The van der Waals surface area contributed by atoms with Gasteiger partial charge in [-0.15, -0.1) is 0 Å². The maximum atomic E-state index is 5.93. The Morgan fingerprint density at radius 2 is 1.79 bits per heavy atom. The van der Waals surface area contributed by atoms with E-state index in [0.29, 0.717) is 11.6 Å². The van der Waals surface area contributed by atoms with Crippen LogP contribution in [-0.2, 0) is 0 Å². The summed E-state index contributed by atoms with van der Waals surface area (Å²) < 4.78 is 0. The van der Waals surface area contributed by atoms with Crippen LogP contribution in [0.3, 0.4) is 0 Å². The van der Waals surface area contributed by atoms with Crippen molar-refractivity contribution >= 4 is 0 Å². The molecule has 14 heavy (non-hydrogen) atoms. The second-order valence-electron chi connectivity index (χ2n) is 5.07. The Labute approximate surface area is 87.0 Å². The molecule has 0 bridgehead atoms. The third-order valence-electron chi connectivity index (χ3n) is 3.98. The average Bonchev–Trinajstić information content (AvgIpc) is 2.19. The van der Waals surface area contributed by atoms with E-state index in [1.54, 1.807) is 0 Å². The van der Waals surface area contributed by atoms with E-state index in [4.69, 9.17) is 5.73 Å². The zero-order chi connectivity index (χ0) is 10.0. The highest BCUT2D eigenvalue weighted by molar-refractivity contribution is 4.93. The van der Waals surface area contributed by atoms with Gasteiger partial charge in [-0.3, -0.25) is 4.90 Å². The molecular weight excluding hydrogens is 174 g/mol. The average molecular weight is 197 g/mol. The molecule has 82 valence electrons. The first kappa shape index (κ1) is 10.4. The van der Waals surface area contributed by atoms with Crippen LogP contribution in [0.15, 0.2) is 0 Å². The van der Waals surface area contributed by atoms with Crippen LogP contribution in [0.5, 0.6) is 0 Å². The fourth-order valence-electron chi connectivity index (χ4n) is 2.72. The van der Waals surface area contributed by atoms with E-state index in [2.05, 4.69) is 17.1 Å². The molecule has 3 N–H and O–H groups in total. The maximum absolute atomic E-state index is 5.93. The van der Waals surface area contributed by atoms with Crippen LogP contribution in [-0.4, -0.2) is 42.7 Å². The van der Waals surface area contributed by atoms with Gasteiger partial charge in [0.1, 0.15) is 0 Å². The van der Waals surface area contributed by atoms with E-state index in [1.807, 2.05) is 0 Å². The molecule has 2 aliphatic rings. The molecule has 0 aromatic carbocycles. The summed E-state index contributed by atoms with van der Waals surface area (Å²) in [6.07, 6.45) is 4.95. The lowest BCUT2D eigenvalue weighted by atomic mass is 9.86. The number of nitrogens with one attached hydrogen (secondary N) is 1. The summed E-state index contributed by atoms with van der Waals surface area (Å²) in [6, 6.07) is 0.455. The van der Waals surface area contributed by atoms with Gasteiger partial charge in [0.25, 0.3) is 0 Å². The van der Waals surface area contributed by atoms with Crippen molar-refractivity contribution < 1.29 is 0 Å². The van der Waals surface area contributed by atoms with Gasteiger partial charge in [-0.05, 0) is 45.7 Å². The summed E-state index contributed by atoms with van der Waals surface area (Å²) in [6.45, 7) is 7.19. The highest BCUT2D eigenvalue weighted by Crippen LogP contribution is 2.28. The number of hydrogen-bond donors (Lipinski definition) is 2. The lowest BCUT2D eigenvalue weighted by Gasteiger charge is -2.47. The molecule has 2 aliphatic heterocycles. The van der Waals surface area contributed by atoms with E-state index in [9.17, 15) is 0 Å². The van der Waals surface area contributed by atoms with Crippen molar-refractivity contribution in [1.29, 1.82) is 0 Å². The molecule has 0 atom stereocenters. The molecule has 0 aliphatic carbocycles. The molecule has 3 heteroatoms. The molecule has 0 aromatic heterocycles. The highest BCUT2D eigenvalue weighted by atomic mass is 15.2. The van der Waals surface area contributed by atoms with Crippen LogP contribution >= 0.6 is 0 Å². The topological polar surface area (TPSA) is 41.3 Å². The molecule has 0 aromatic rings. The zero-order valence-corrected chi connectivity index (χ0v) is 9.26. The van der Waals surface area contributed by atoms with Crippen molar-refractivity contribution in [3.63, 3.8) is 0 Å². The van der Waals surface area contributed by atoms with Crippen LogP contribution in [0.25, 0.3) is 0 Å². The fraction of sp³-hybridized carbons (Fsp3) is 1.00. The molecule has 0 amide bonds. The Morgan fingerprint density at radius 1 is 1.21 bits per heavy atom. The van der Waals surface area contributed by atoms with E-state index in [-0.39, 0.29) is 0 Å². The lowest BCUT2D eigenvalue weighted by molar-refractivity contribution is 0.0493. The Morgan fingerprint density at radius 3 is 2.36 bits per heavy atom. The number of nitrogens with two attached hydrogens (primary N) is 1. The molecule has 0 saturated carbocycles. The van der Waals surface area contributed by atoms with Crippen molar-refractivity contribution in [2.75, 3.05) is 26.2 Å². The molecular formula is C11H23N3. The third-order valence-corrected chi connectivity index (χ3v) is 3.98. The predicted octanol–water partition coefficient (Wildman–Crippen LogP) is 0.552. The summed E-state index contributed by atoms with van der Waals surface area (Å²) >= 11 is 0. The Kier molecular flexibility index (Phi) is 3.10. The predicted molar refractivity (Wildman–Crippen MR) is 59.3 cm³/mol. The second-order valence-corrected chi connectivity index (χ2v) is 5.07. The van der Waals surface area contributed by atoms with Crippen molar-refractivity contribution in [3.8, 4) is 0 Å². The number of piperidine rings is 2. The fourth-order valence-corrected chi connectivity index (χ4v) is 2.72. The highest BCUT2D eigenvalue weighted by Gasteiger charge is 2.34. The van der Waals surface area contributed by atoms with E-state index >= 15 is 0 Å². The SMILES string of the molecule is CC1(N2CCC(N)CC2)CCNCC1. The number of nitrogens with zero attached hydrogens (tertiary/aromatic N) is 1. The summed E-state index contributed by atoms with van der Waals surface area (Å²) in [5, 5.41) is 3.44. The van der Waals surface area contributed by atoms with E-state index in [0.717, 1.165) is 0 Å². The van der Waals surface area contributed by atoms with E-state index < -0.39 is 0 Å². The van der Waals surface area contributed by atoms with Gasteiger partial charge in [0, 0.05) is 24.7 Å². The van der Waals surface area contributed by atoms with Gasteiger partial charge in [0.05, 0.1) is 0 Å². The minimum Gasteiger partial charge on any atom is -0.328 e. The largest absolute Gasteiger partial charge is 0.328 e. The van der Waals surface area contributed by atoms with Crippen molar-refractivity contribution in [3.05, 3.63) is 0 Å². The zero-order valence-electron chi connectivity index (χ0n) is 9.26. The number of likely N-dealkylation sites (tertiary alicyclic amines) is 1. The van der Waals surface area contributed by atoms with Crippen LogP contribution in [0.4, 0.5) is 0 Å². The van der Waals surface area contributed by atoms with Crippen molar-refractivity contribution in [2.45, 2.75) is 44.2 Å². The normalized spacial score (nSPS) is 30.4. The van der Waals surface area contributed by atoms with Gasteiger partial charge < -0.3 is 11.1 Å². The Bertz CT molecular complexity index is 179. The van der Waals surface area contributed by atoms with Crippen LogP contribution in [0.1, 0.15) is 32.6 Å². The number of rotatable bonds is 1. The quantitative estimate of drug-likeness (QED) is 0.645. The minimum atomic E-state index is 0.450. The monoisotopic (exact) mass is 197 g/mol. The summed E-state index contributed by atoms with van der Waals surface area (Å²) in [7, 11) is 0. The van der Waals surface area contributed by atoms with Gasteiger partial charge in [0.15, 0.2) is 0 Å². The van der Waals surface area contributed by atoms with Gasteiger partial charge in [-0.2, -0.15) is 0 Å². The smallest absolute Gasteiger partial charge is 0.0205 e. The standard InChI is InChI=1S/C11H23N3/c1-11(4-6-13-7-5-11)14-8-2-10(12)3-9-14/h10,13H,2-9,12H2,1H3. The third kappa shape index (κ3) is 2.10. The van der Waals surface area contributed by atoms with Crippen molar-refractivity contribution in [2.24, 2.45) is 5.73 Å². The number of hydrogen-bond acceptors (Lipinski definition) is 3. The summed E-state index contributed by atoms with van der Waals surface area (Å²) in [4.78, 5) is 2.66. The molecule has 2 heterocycles. The molecule has 0 spiro atoms. The van der Waals surface area contributed by atoms with Crippen LogP contribution in [0, 0.1) is 0 Å². The Hall–Kier alpha value is -0.120. The molecule has 2 rings (SSSR count). The van der Waals surface area contributed by atoms with Gasteiger partial charge in [-0.25, -0.2) is 0 Å². The van der Waals surface area contributed by atoms with Gasteiger partial charge in [-0.1, -0.05) is 0 Å². The second kappa shape index (κ2) is 4.17. The molecule has 2 saturated heterocycles. The first-order valence-electron chi connectivity index (χ1n) is 5.92. The minimum absolute atomic E-state index is 0.450. The molecule has 3 nitrogen and oxygen atoms in total. The summed E-state index contributed by atoms with van der Waals surface area (Å²) in [5.74, 6) is 0. The van der Waals surface area contributed by atoms with Gasteiger partial charge >= 0.3 is 0 Å². The molecule has 0 unspecified atom stereocenters. The molecule has 2 fully saturated rings. The first-order valence-corrected chi connectivity index (χ1v) is 5.92.